The number of amides is 3. The fourth-order valence-electron chi connectivity index (χ4n) is 2.83. The second kappa shape index (κ2) is 8.77. The Kier molecular flexibility index (Phi) is 6.19. The molecule has 0 bridgehead atoms. The van der Waals surface area contributed by atoms with Crippen molar-refractivity contribution in [2.24, 2.45) is 0 Å². The van der Waals surface area contributed by atoms with Gasteiger partial charge >= 0.3 is 6.03 Å². The molecule has 0 radical (unpaired) electrons. The van der Waals surface area contributed by atoms with E-state index in [0.717, 1.165) is 5.56 Å². The molecule has 6 nitrogen and oxygen atoms in total. The lowest BCUT2D eigenvalue weighted by Gasteiger charge is -2.26. The van der Waals surface area contributed by atoms with Crippen LogP contribution in [0.2, 0.25) is 5.02 Å². The Bertz CT molecular complexity index is 813. The van der Waals surface area contributed by atoms with Crippen LogP contribution in [0, 0.1) is 0 Å². The molecule has 0 aromatic heterocycles. The summed E-state index contributed by atoms with van der Waals surface area (Å²) < 4.78 is 5.74. The first-order valence-electron chi connectivity index (χ1n) is 8.83. The van der Waals surface area contributed by atoms with Crippen LogP contribution in [0.3, 0.4) is 0 Å². The summed E-state index contributed by atoms with van der Waals surface area (Å²) in [6.45, 7) is 3.14. The largest absolute Gasteiger partial charge is 0.487 e. The molecule has 142 valence electrons. The van der Waals surface area contributed by atoms with Crippen molar-refractivity contribution in [3.63, 3.8) is 0 Å². The Morgan fingerprint density at radius 1 is 1.30 bits per heavy atom. The molecule has 0 spiro atoms. The molecule has 2 aromatic rings. The van der Waals surface area contributed by atoms with Crippen molar-refractivity contribution in [2.75, 3.05) is 18.4 Å². The zero-order chi connectivity index (χ0) is 19.2. The summed E-state index contributed by atoms with van der Waals surface area (Å²) in [4.78, 5) is 25.7. The molecule has 1 atom stereocenters. The van der Waals surface area contributed by atoms with E-state index in [1.54, 1.807) is 23.1 Å². The van der Waals surface area contributed by atoms with Crippen LogP contribution in [-0.4, -0.2) is 36.0 Å². The summed E-state index contributed by atoms with van der Waals surface area (Å²) in [5.41, 5.74) is 1.62. The van der Waals surface area contributed by atoms with Crippen LogP contribution < -0.4 is 15.4 Å². The molecule has 2 aromatic carbocycles. The predicted octanol–water partition coefficient (Wildman–Crippen LogP) is 3.66. The van der Waals surface area contributed by atoms with Crippen LogP contribution in [0.15, 0.2) is 48.5 Å². The molecule has 3 amide bonds. The van der Waals surface area contributed by atoms with Crippen LogP contribution in [-0.2, 0) is 11.4 Å². The number of nitrogens with one attached hydrogen (secondary N) is 2. The van der Waals surface area contributed by atoms with Crippen molar-refractivity contribution < 1.29 is 14.3 Å². The number of carbonyl (C=O) groups is 2. The number of urea groups is 1. The fraction of sp³-hybridized carbons (Fsp3) is 0.300. The third-order valence-corrected chi connectivity index (χ3v) is 4.68. The standard InChI is InChI=1S/C20H22ClN3O3/c1-14-12-22-19(25)9-10-24(14)20(26)23-16-7-8-18(17(21)11-16)27-13-15-5-3-2-4-6-15/h2-8,11,14H,9-10,12-13H2,1H3,(H,22,25)(H,23,26). The summed E-state index contributed by atoms with van der Waals surface area (Å²) in [5.74, 6) is 0.511. The highest BCUT2D eigenvalue weighted by Crippen LogP contribution is 2.28. The van der Waals surface area contributed by atoms with Crippen molar-refractivity contribution >= 4 is 29.2 Å². The third-order valence-electron chi connectivity index (χ3n) is 4.39. The number of ether oxygens (including phenoxy) is 1. The van der Waals surface area contributed by atoms with Crippen LogP contribution in [0.5, 0.6) is 5.75 Å². The van der Waals surface area contributed by atoms with Crippen molar-refractivity contribution in [3.05, 3.63) is 59.1 Å². The minimum absolute atomic E-state index is 0.0416. The maximum Gasteiger partial charge on any atom is 0.322 e. The molecule has 0 saturated carbocycles. The van der Waals surface area contributed by atoms with Gasteiger partial charge < -0.3 is 20.3 Å². The summed E-state index contributed by atoms with van der Waals surface area (Å²) in [5, 5.41) is 6.04. The first kappa shape index (κ1) is 19.0. The lowest BCUT2D eigenvalue weighted by Crippen LogP contribution is -2.44. The maximum absolute atomic E-state index is 12.5. The molecule has 1 unspecified atom stereocenters. The average molecular weight is 388 g/mol. The molecule has 1 fully saturated rings. The number of anilines is 1. The quantitative estimate of drug-likeness (QED) is 0.841. The zero-order valence-corrected chi connectivity index (χ0v) is 15.8. The van der Waals surface area contributed by atoms with E-state index in [4.69, 9.17) is 16.3 Å². The van der Waals surface area contributed by atoms with Crippen molar-refractivity contribution in [1.82, 2.24) is 10.2 Å². The van der Waals surface area contributed by atoms with E-state index in [0.29, 0.717) is 42.6 Å². The van der Waals surface area contributed by atoms with Gasteiger partial charge in [0, 0.05) is 31.2 Å². The SMILES string of the molecule is CC1CNC(=O)CCN1C(=O)Nc1ccc(OCc2ccccc2)c(Cl)c1. The third kappa shape index (κ3) is 5.14. The van der Waals surface area contributed by atoms with E-state index in [2.05, 4.69) is 10.6 Å². The Morgan fingerprint density at radius 2 is 2.07 bits per heavy atom. The second-order valence-corrected chi connectivity index (χ2v) is 6.85. The highest BCUT2D eigenvalue weighted by Gasteiger charge is 2.24. The molecule has 7 heteroatoms. The van der Waals surface area contributed by atoms with Gasteiger partial charge in [0.05, 0.1) is 5.02 Å². The van der Waals surface area contributed by atoms with Crippen LogP contribution >= 0.6 is 11.6 Å². The van der Waals surface area contributed by atoms with Gasteiger partial charge in [-0.3, -0.25) is 4.79 Å². The van der Waals surface area contributed by atoms with Crippen LogP contribution in [0.1, 0.15) is 18.9 Å². The molecule has 27 heavy (non-hydrogen) atoms. The minimum Gasteiger partial charge on any atom is -0.487 e. The van der Waals surface area contributed by atoms with Gasteiger partial charge in [0.15, 0.2) is 0 Å². The van der Waals surface area contributed by atoms with Gasteiger partial charge in [-0.25, -0.2) is 4.79 Å². The first-order valence-corrected chi connectivity index (χ1v) is 9.21. The maximum atomic E-state index is 12.5. The summed E-state index contributed by atoms with van der Waals surface area (Å²) >= 11 is 6.29. The van der Waals surface area contributed by atoms with Crippen LogP contribution in [0.4, 0.5) is 10.5 Å². The molecule has 1 heterocycles. The van der Waals surface area contributed by atoms with E-state index in [1.165, 1.54) is 0 Å². The van der Waals surface area contributed by atoms with E-state index < -0.39 is 0 Å². The molecule has 1 saturated heterocycles. The normalized spacial score (nSPS) is 17.0. The molecular weight excluding hydrogens is 366 g/mol. The number of nitrogens with zero attached hydrogens (tertiary/aromatic N) is 1. The number of benzene rings is 2. The minimum atomic E-state index is -0.256. The molecule has 2 N–H and O–H groups in total. The lowest BCUT2D eigenvalue weighted by atomic mass is 10.2. The van der Waals surface area contributed by atoms with Gasteiger partial charge in [-0.05, 0) is 30.7 Å². The van der Waals surface area contributed by atoms with E-state index >= 15 is 0 Å². The molecule has 1 aliphatic rings. The summed E-state index contributed by atoms with van der Waals surface area (Å²) in [6.07, 6.45) is 0.296. The number of hydrogen-bond acceptors (Lipinski definition) is 3. The summed E-state index contributed by atoms with van der Waals surface area (Å²) in [7, 11) is 0. The van der Waals surface area contributed by atoms with Gasteiger partial charge in [0.25, 0.3) is 0 Å². The Labute approximate surface area is 163 Å². The second-order valence-electron chi connectivity index (χ2n) is 6.45. The molecular formula is C20H22ClN3O3. The fourth-order valence-corrected chi connectivity index (χ4v) is 3.07. The van der Waals surface area contributed by atoms with E-state index in [9.17, 15) is 9.59 Å². The topological polar surface area (TPSA) is 70.7 Å². The monoisotopic (exact) mass is 387 g/mol. The van der Waals surface area contributed by atoms with Crippen molar-refractivity contribution in [2.45, 2.75) is 26.0 Å². The highest BCUT2D eigenvalue weighted by atomic mass is 35.5. The average Bonchev–Trinajstić information content (AvgIpc) is 2.83. The number of rotatable bonds is 4. The van der Waals surface area contributed by atoms with Crippen molar-refractivity contribution in [3.8, 4) is 5.75 Å². The van der Waals surface area contributed by atoms with E-state index in [-0.39, 0.29) is 18.0 Å². The Balaban J connectivity index is 1.61. The smallest absolute Gasteiger partial charge is 0.322 e. The number of halogens is 1. The number of hydrogen-bond donors (Lipinski definition) is 2. The summed E-state index contributed by atoms with van der Waals surface area (Å²) in [6, 6.07) is 14.6. The van der Waals surface area contributed by atoms with Gasteiger partial charge in [-0.2, -0.15) is 0 Å². The predicted molar refractivity (Wildman–Crippen MR) is 105 cm³/mol. The van der Waals surface area contributed by atoms with Crippen molar-refractivity contribution in [1.29, 1.82) is 0 Å². The Morgan fingerprint density at radius 3 is 2.81 bits per heavy atom. The van der Waals surface area contributed by atoms with Gasteiger partial charge in [-0.15, -0.1) is 0 Å². The molecule has 0 aliphatic carbocycles. The molecule has 1 aliphatic heterocycles. The van der Waals surface area contributed by atoms with E-state index in [1.807, 2.05) is 37.3 Å². The zero-order valence-electron chi connectivity index (χ0n) is 15.1. The lowest BCUT2D eigenvalue weighted by molar-refractivity contribution is -0.120. The van der Waals surface area contributed by atoms with Gasteiger partial charge in [0.1, 0.15) is 12.4 Å². The van der Waals surface area contributed by atoms with Crippen LogP contribution in [0.25, 0.3) is 0 Å². The van der Waals surface area contributed by atoms with Gasteiger partial charge in [-0.1, -0.05) is 41.9 Å². The Hall–Kier alpha value is -2.73. The van der Waals surface area contributed by atoms with Gasteiger partial charge in [0.2, 0.25) is 5.91 Å². The first-order chi connectivity index (χ1) is 13.0. The molecule has 3 rings (SSSR count). The highest BCUT2D eigenvalue weighted by molar-refractivity contribution is 6.32. The number of carbonyl (C=O) groups excluding carboxylic acids is 2.